The van der Waals surface area contributed by atoms with Crippen LogP contribution in [0.25, 0.3) is 0 Å². The van der Waals surface area contributed by atoms with Gasteiger partial charge in [-0.25, -0.2) is 4.79 Å². The summed E-state index contributed by atoms with van der Waals surface area (Å²) in [7, 11) is 0. The largest absolute Gasteiger partial charge is 0.325 e. The summed E-state index contributed by atoms with van der Waals surface area (Å²) in [5.74, 6) is 0.672. The van der Waals surface area contributed by atoms with E-state index in [2.05, 4.69) is 30.6 Å². The fourth-order valence-electron chi connectivity index (χ4n) is 3.18. The van der Waals surface area contributed by atoms with Crippen LogP contribution in [0.2, 0.25) is 0 Å². The average molecular weight is 252 g/mol. The molecule has 18 heavy (non-hydrogen) atoms. The molecule has 2 rings (SSSR count). The van der Waals surface area contributed by atoms with Crippen LogP contribution in [-0.2, 0) is 0 Å². The lowest BCUT2D eigenvalue weighted by Crippen LogP contribution is -2.47. The molecule has 0 aromatic heterocycles. The maximum atomic E-state index is 12.5. The van der Waals surface area contributed by atoms with Crippen LogP contribution in [0, 0.1) is 11.3 Å². The summed E-state index contributed by atoms with van der Waals surface area (Å²) in [5, 5.41) is 0. The zero-order valence-electron chi connectivity index (χ0n) is 12.2. The Morgan fingerprint density at radius 3 is 2.50 bits per heavy atom. The molecule has 1 unspecified atom stereocenters. The third kappa shape index (κ3) is 3.39. The molecule has 104 valence electrons. The van der Waals surface area contributed by atoms with Crippen molar-refractivity contribution in [2.75, 3.05) is 26.2 Å². The molecular formula is C15H28N2O. The minimum Gasteiger partial charge on any atom is -0.325 e. The fraction of sp³-hybridized carbons (Fsp3) is 0.933. The van der Waals surface area contributed by atoms with E-state index in [0.717, 1.165) is 39.0 Å². The Kier molecular flexibility index (Phi) is 4.18. The lowest BCUT2D eigenvalue weighted by Gasteiger charge is -2.35. The maximum absolute atomic E-state index is 12.5. The van der Waals surface area contributed by atoms with Crippen molar-refractivity contribution in [3.05, 3.63) is 0 Å². The van der Waals surface area contributed by atoms with Crippen LogP contribution in [0.3, 0.4) is 0 Å². The van der Waals surface area contributed by atoms with Crippen molar-refractivity contribution in [1.29, 1.82) is 0 Å². The average Bonchev–Trinajstić information content (AvgIpc) is 2.49. The van der Waals surface area contributed by atoms with Crippen LogP contribution in [0.15, 0.2) is 0 Å². The van der Waals surface area contributed by atoms with Crippen LogP contribution in [0.4, 0.5) is 4.79 Å². The van der Waals surface area contributed by atoms with E-state index in [1.807, 2.05) is 0 Å². The van der Waals surface area contributed by atoms with Gasteiger partial charge in [-0.3, -0.25) is 0 Å². The lowest BCUT2D eigenvalue weighted by atomic mass is 9.85. The van der Waals surface area contributed by atoms with E-state index in [1.165, 1.54) is 19.3 Å². The van der Waals surface area contributed by atoms with Crippen molar-refractivity contribution in [1.82, 2.24) is 9.80 Å². The number of nitrogens with zero attached hydrogens (tertiary/aromatic N) is 2. The Hall–Kier alpha value is -0.730. The van der Waals surface area contributed by atoms with Gasteiger partial charge in [0.2, 0.25) is 0 Å². The Bertz CT molecular complexity index is 301. The smallest absolute Gasteiger partial charge is 0.320 e. The van der Waals surface area contributed by atoms with Gasteiger partial charge < -0.3 is 9.80 Å². The predicted octanol–water partition coefficient (Wildman–Crippen LogP) is 3.35. The quantitative estimate of drug-likeness (QED) is 0.648. The first-order chi connectivity index (χ1) is 8.48. The number of hydrogen-bond acceptors (Lipinski definition) is 1. The van der Waals surface area contributed by atoms with E-state index < -0.39 is 0 Å². The Morgan fingerprint density at radius 1 is 1.06 bits per heavy atom. The van der Waals surface area contributed by atoms with Crippen molar-refractivity contribution in [3.8, 4) is 0 Å². The van der Waals surface area contributed by atoms with Crippen LogP contribution < -0.4 is 0 Å². The molecule has 0 N–H and O–H groups in total. The molecule has 0 radical (unpaired) electrons. The van der Waals surface area contributed by atoms with E-state index in [0.29, 0.717) is 17.4 Å². The van der Waals surface area contributed by atoms with E-state index in [-0.39, 0.29) is 0 Å². The zero-order chi connectivity index (χ0) is 13.2. The maximum Gasteiger partial charge on any atom is 0.320 e. The topological polar surface area (TPSA) is 23.6 Å². The van der Waals surface area contributed by atoms with Crippen LogP contribution in [0.5, 0.6) is 0 Å². The van der Waals surface area contributed by atoms with Gasteiger partial charge in [0.25, 0.3) is 0 Å². The first kappa shape index (κ1) is 13.7. The van der Waals surface area contributed by atoms with E-state index in [9.17, 15) is 4.79 Å². The molecule has 2 saturated heterocycles. The first-order valence-corrected chi connectivity index (χ1v) is 7.52. The number of likely N-dealkylation sites (tertiary alicyclic amines) is 2. The van der Waals surface area contributed by atoms with Crippen molar-refractivity contribution < 1.29 is 4.79 Å². The molecule has 0 aliphatic carbocycles. The van der Waals surface area contributed by atoms with Crippen molar-refractivity contribution >= 4 is 6.03 Å². The van der Waals surface area contributed by atoms with E-state index >= 15 is 0 Å². The molecule has 0 aromatic carbocycles. The molecule has 0 saturated carbocycles. The van der Waals surface area contributed by atoms with Crippen molar-refractivity contribution in [2.24, 2.45) is 11.3 Å². The summed E-state index contributed by atoms with van der Waals surface area (Å²) in [6.07, 6.45) is 5.99. The number of carbonyl (C=O) groups is 1. The Labute approximate surface area is 112 Å². The Morgan fingerprint density at radius 2 is 1.78 bits per heavy atom. The van der Waals surface area contributed by atoms with E-state index in [4.69, 9.17) is 0 Å². The van der Waals surface area contributed by atoms with Gasteiger partial charge in [0.05, 0.1) is 0 Å². The van der Waals surface area contributed by atoms with Gasteiger partial charge in [0.1, 0.15) is 0 Å². The number of hydrogen-bond donors (Lipinski definition) is 0. The summed E-state index contributed by atoms with van der Waals surface area (Å²) in [6, 6.07) is 0.291. The van der Waals surface area contributed by atoms with Gasteiger partial charge in [0, 0.05) is 26.2 Å². The van der Waals surface area contributed by atoms with Gasteiger partial charge >= 0.3 is 6.03 Å². The molecule has 2 aliphatic heterocycles. The number of urea groups is 1. The zero-order valence-corrected chi connectivity index (χ0v) is 12.2. The highest BCUT2D eigenvalue weighted by Gasteiger charge is 2.29. The molecule has 2 fully saturated rings. The van der Waals surface area contributed by atoms with Gasteiger partial charge in [0.15, 0.2) is 0 Å². The number of amides is 2. The third-order valence-corrected chi connectivity index (χ3v) is 4.54. The highest BCUT2D eigenvalue weighted by Crippen LogP contribution is 2.30. The van der Waals surface area contributed by atoms with Gasteiger partial charge in [-0.1, -0.05) is 20.8 Å². The summed E-state index contributed by atoms with van der Waals surface area (Å²) >= 11 is 0. The van der Waals surface area contributed by atoms with Gasteiger partial charge in [-0.15, -0.1) is 0 Å². The molecule has 0 aromatic rings. The van der Waals surface area contributed by atoms with Crippen molar-refractivity contribution in [2.45, 2.75) is 52.9 Å². The third-order valence-electron chi connectivity index (χ3n) is 4.54. The summed E-state index contributed by atoms with van der Waals surface area (Å²) < 4.78 is 0. The van der Waals surface area contributed by atoms with Crippen LogP contribution in [0.1, 0.15) is 52.9 Å². The molecule has 1 atom stereocenters. The molecule has 3 heteroatoms. The van der Waals surface area contributed by atoms with Crippen LogP contribution in [-0.4, -0.2) is 42.0 Å². The highest BCUT2D eigenvalue weighted by atomic mass is 16.2. The summed E-state index contributed by atoms with van der Waals surface area (Å²) in [5.41, 5.74) is 0.407. The highest BCUT2D eigenvalue weighted by molar-refractivity contribution is 5.74. The fourth-order valence-corrected chi connectivity index (χ4v) is 3.18. The van der Waals surface area contributed by atoms with Crippen molar-refractivity contribution in [3.63, 3.8) is 0 Å². The molecule has 0 spiro atoms. The van der Waals surface area contributed by atoms with Crippen LogP contribution >= 0.6 is 0 Å². The second-order valence-corrected chi connectivity index (χ2v) is 6.98. The summed E-state index contributed by atoms with van der Waals surface area (Å²) in [4.78, 5) is 16.7. The van der Waals surface area contributed by atoms with Gasteiger partial charge in [-0.05, 0) is 43.4 Å². The van der Waals surface area contributed by atoms with E-state index in [1.54, 1.807) is 0 Å². The minimum absolute atomic E-state index is 0.291. The first-order valence-electron chi connectivity index (χ1n) is 7.52. The molecule has 3 nitrogen and oxygen atoms in total. The monoisotopic (exact) mass is 252 g/mol. The predicted molar refractivity (Wildman–Crippen MR) is 74.6 cm³/mol. The lowest BCUT2D eigenvalue weighted by molar-refractivity contribution is 0.131. The Balaban J connectivity index is 1.92. The number of carbonyl (C=O) groups excluding carboxylic acids is 1. The molecular weight excluding hydrogens is 224 g/mol. The second kappa shape index (κ2) is 5.50. The summed E-state index contributed by atoms with van der Waals surface area (Å²) in [6.45, 7) is 10.7. The number of rotatable bonds is 0. The normalized spacial score (nSPS) is 28.9. The molecule has 2 aliphatic rings. The van der Waals surface area contributed by atoms with Gasteiger partial charge in [-0.2, -0.15) is 0 Å². The molecule has 2 amide bonds. The molecule has 0 bridgehead atoms. The second-order valence-electron chi connectivity index (χ2n) is 6.98. The minimum atomic E-state index is 0.291. The molecule has 2 heterocycles. The SMILES string of the molecule is CC1CCCN(C(=O)N2CCCC(C)(C)CC2)C1. The standard InChI is InChI=1S/C15H28N2O/c1-13-6-4-9-17(12-13)14(18)16-10-5-7-15(2,3)8-11-16/h13H,4-12H2,1-3H3. The number of piperidine rings is 1.